The monoisotopic (exact) mass is 405 g/mol. The molecule has 1 aromatic heterocycles. The van der Waals surface area contributed by atoms with Crippen molar-refractivity contribution in [2.45, 2.75) is 32.2 Å². The largest absolute Gasteiger partial charge is 0.420 e. The average Bonchev–Trinajstić information content (AvgIpc) is 3.41. The van der Waals surface area contributed by atoms with E-state index < -0.39 is 5.76 Å². The van der Waals surface area contributed by atoms with Crippen molar-refractivity contribution < 1.29 is 14.0 Å². The van der Waals surface area contributed by atoms with E-state index in [0.29, 0.717) is 23.2 Å². The molecule has 0 bridgehead atoms. The van der Waals surface area contributed by atoms with Gasteiger partial charge in [-0.3, -0.25) is 14.2 Å². The molecule has 1 saturated heterocycles. The van der Waals surface area contributed by atoms with Gasteiger partial charge in [-0.25, -0.2) is 4.79 Å². The van der Waals surface area contributed by atoms with E-state index in [-0.39, 0.29) is 18.4 Å². The van der Waals surface area contributed by atoms with E-state index >= 15 is 0 Å². The molecule has 0 radical (unpaired) electrons. The maximum absolute atomic E-state index is 13.1. The Kier molecular flexibility index (Phi) is 4.65. The first kappa shape index (κ1) is 18.7. The molecule has 5 rings (SSSR count). The fourth-order valence-electron chi connectivity index (χ4n) is 4.46. The number of aromatic nitrogens is 1. The predicted molar refractivity (Wildman–Crippen MR) is 113 cm³/mol. The van der Waals surface area contributed by atoms with E-state index in [1.54, 1.807) is 23.1 Å². The third-order valence-corrected chi connectivity index (χ3v) is 6.01. The van der Waals surface area contributed by atoms with Crippen molar-refractivity contribution in [3.8, 4) is 0 Å². The molecule has 0 spiro atoms. The minimum Gasteiger partial charge on any atom is -0.408 e. The molecule has 2 aliphatic heterocycles. The minimum atomic E-state index is -0.589. The van der Waals surface area contributed by atoms with Crippen LogP contribution >= 0.6 is 0 Å². The Hall–Kier alpha value is -3.35. The van der Waals surface area contributed by atoms with Crippen LogP contribution in [0.15, 0.2) is 51.7 Å². The van der Waals surface area contributed by atoms with Crippen LogP contribution in [0, 0.1) is 0 Å². The highest BCUT2D eigenvalue weighted by Gasteiger charge is 2.25. The summed E-state index contributed by atoms with van der Waals surface area (Å²) in [6.45, 7) is 2.00. The number of amides is 2. The zero-order valence-electron chi connectivity index (χ0n) is 16.7. The zero-order valence-corrected chi connectivity index (χ0v) is 16.7. The molecule has 7 nitrogen and oxygen atoms in total. The van der Waals surface area contributed by atoms with Gasteiger partial charge in [-0.05, 0) is 55.5 Å². The Bertz CT molecular complexity index is 1190. The molecule has 0 atom stereocenters. The summed E-state index contributed by atoms with van der Waals surface area (Å²) in [6, 6.07) is 12.8. The highest BCUT2D eigenvalue weighted by Crippen LogP contribution is 2.27. The van der Waals surface area contributed by atoms with E-state index in [4.69, 9.17) is 4.42 Å². The second-order valence-electron chi connectivity index (χ2n) is 7.91. The number of rotatable bonds is 3. The molecule has 0 unspecified atom stereocenters. The van der Waals surface area contributed by atoms with Crippen LogP contribution < -0.4 is 10.7 Å². The van der Waals surface area contributed by atoms with Crippen molar-refractivity contribution >= 4 is 28.6 Å². The van der Waals surface area contributed by atoms with E-state index in [1.807, 2.05) is 29.2 Å². The molecule has 1 fully saturated rings. The van der Waals surface area contributed by atoms with Crippen molar-refractivity contribution in [1.29, 1.82) is 0 Å². The number of hydrogen-bond acceptors (Lipinski definition) is 4. The van der Waals surface area contributed by atoms with Gasteiger partial charge in [0.15, 0.2) is 5.58 Å². The van der Waals surface area contributed by atoms with Crippen molar-refractivity contribution in [3.05, 3.63) is 64.1 Å². The van der Waals surface area contributed by atoms with Gasteiger partial charge in [0.05, 0.1) is 5.52 Å². The Balaban J connectivity index is 1.46. The summed E-state index contributed by atoms with van der Waals surface area (Å²) in [5.41, 5.74) is 3.41. The number of oxazole rings is 1. The fraction of sp³-hybridized carbons (Fsp3) is 0.348. The van der Waals surface area contributed by atoms with E-state index in [0.717, 1.165) is 50.0 Å². The first-order chi connectivity index (χ1) is 14.6. The molecule has 2 amide bonds. The van der Waals surface area contributed by atoms with E-state index in [1.165, 1.54) is 4.57 Å². The molecular formula is C23H23N3O4. The number of carbonyl (C=O) groups excluding carboxylic acids is 2. The predicted octanol–water partition coefficient (Wildman–Crippen LogP) is 2.81. The summed E-state index contributed by atoms with van der Waals surface area (Å²) in [7, 11) is 0. The molecule has 0 aliphatic carbocycles. The molecule has 3 heterocycles. The standard InChI is InChI=1S/C23H23N3O4/c27-21(25-13-5-7-16-6-1-2-8-18(16)25)15-26-19-14-17(9-10-20(19)30-23(26)29)22(28)24-11-3-4-12-24/h1-2,6,8-10,14H,3-5,7,11-13,15H2. The van der Waals surface area contributed by atoms with Gasteiger partial charge in [0.25, 0.3) is 5.91 Å². The molecule has 2 aromatic carbocycles. The van der Waals surface area contributed by atoms with Crippen LogP contribution in [0.1, 0.15) is 35.2 Å². The highest BCUT2D eigenvalue weighted by molar-refractivity contribution is 5.98. The summed E-state index contributed by atoms with van der Waals surface area (Å²) in [6.07, 6.45) is 3.85. The molecule has 0 saturated carbocycles. The number of benzene rings is 2. The zero-order chi connectivity index (χ0) is 20.7. The van der Waals surface area contributed by atoms with Crippen LogP contribution in [0.5, 0.6) is 0 Å². The fourth-order valence-corrected chi connectivity index (χ4v) is 4.46. The second-order valence-corrected chi connectivity index (χ2v) is 7.91. The summed E-state index contributed by atoms with van der Waals surface area (Å²) in [5, 5.41) is 0. The number of likely N-dealkylation sites (tertiary alicyclic amines) is 1. The van der Waals surface area contributed by atoms with Gasteiger partial charge >= 0.3 is 5.76 Å². The highest BCUT2D eigenvalue weighted by atomic mass is 16.4. The number of carbonyl (C=O) groups is 2. The topological polar surface area (TPSA) is 75.8 Å². The van der Waals surface area contributed by atoms with Crippen LogP contribution in [0.4, 0.5) is 5.69 Å². The second kappa shape index (κ2) is 7.48. The van der Waals surface area contributed by atoms with Gasteiger partial charge in [0.1, 0.15) is 6.54 Å². The van der Waals surface area contributed by atoms with Crippen LogP contribution in [0.25, 0.3) is 11.1 Å². The number of fused-ring (bicyclic) bond motifs is 2. The van der Waals surface area contributed by atoms with Gasteiger partial charge < -0.3 is 14.2 Å². The molecule has 7 heteroatoms. The third kappa shape index (κ3) is 3.20. The van der Waals surface area contributed by atoms with E-state index in [9.17, 15) is 14.4 Å². The molecule has 2 aliphatic rings. The maximum Gasteiger partial charge on any atom is 0.420 e. The first-order valence-corrected chi connectivity index (χ1v) is 10.4. The number of hydrogen-bond donors (Lipinski definition) is 0. The van der Waals surface area contributed by atoms with Crippen LogP contribution in [0.3, 0.4) is 0 Å². The first-order valence-electron chi connectivity index (χ1n) is 10.4. The number of aryl methyl sites for hydroxylation is 1. The van der Waals surface area contributed by atoms with Crippen LogP contribution in [0.2, 0.25) is 0 Å². The quantitative estimate of drug-likeness (QED) is 0.672. The number of anilines is 1. The summed E-state index contributed by atoms with van der Waals surface area (Å²) >= 11 is 0. The van der Waals surface area contributed by atoms with Gasteiger partial charge in [0.2, 0.25) is 5.91 Å². The lowest BCUT2D eigenvalue weighted by molar-refractivity contribution is -0.119. The van der Waals surface area contributed by atoms with Crippen molar-refractivity contribution in [2.75, 3.05) is 24.5 Å². The minimum absolute atomic E-state index is 0.0501. The normalized spacial score (nSPS) is 16.1. The Labute approximate surface area is 173 Å². The lowest BCUT2D eigenvalue weighted by atomic mass is 10.0. The number of para-hydroxylation sites is 1. The van der Waals surface area contributed by atoms with Crippen LogP contribution in [-0.2, 0) is 17.8 Å². The number of nitrogens with zero attached hydrogens (tertiary/aromatic N) is 3. The van der Waals surface area contributed by atoms with Gasteiger partial charge in [0, 0.05) is 30.9 Å². The van der Waals surface area contributed by atoms with Gasteiger partial charge in [-0.15, -0.1) is 0 Å². The summed E-state index contributed by atoms with van der Waals surface area (Å²) < 4.78 is 6.66. The van der Waals surface area contributed by atoms with Crippen molar-refractivity contribution in [2.24, 2.45) is 0 Å². The summed E-state index contributed by atoms with van der Waals surface area (Å²) in [4.78, 5) is 41.9. The van der Waals surface area contributed by atoms with E-state index in [2.05, 4.69) is 0 Å². The third-order valence-electron chi connectivity index (χ3n) is 6.01. The maximum atomic E-state index is 13.1. The Morgan fingerprint density at radius 3 is 2.60 bits per heavy atom. The average molecular weight is 405 g/mol. The van der Waals surface area contributed by atoms with Gasteiger partial charge in [-0.1, -0.05) is 18.2 Å². The SMILES string of the molecule is O=C(c1ccc2oc(=O)n(CC(=O)N3CCCc4ccccc43)c2c1)N1CCCC1. The van der Waals surface area contributed by atoms with Crippen LogP contribution in [-0.4, -0.2) is 40.9 Å². The van der Waals surface area contributed by atoms with Crippen molar-refractivity contribution in [3.63, 3.8) is 0 Å². The molecule has 30 heavy (non-hydrogen) atoms. The molecular weight excluding hydrogens is 382 g/mol. The Morgan fingerprint density at radius 2 is 1.77 bits per heavy atom. The summed E-state index contributed by atoms with van der Waals surface area (Å²) in [5.74, 6) is -0.802. The lowest BCUT2D eigenvalue weighted by Gasteiger charge is -2.29. The van der Waals surface area contributed by atoms with Gasteiger partial charge in [-0.2, -0.15) is 0 Å². The Morgan fingerprint density at radius 1 is 0.967 bits per heavy atom. The molecule has 3 aromatic rings. The van der Waals surface area contributed by atoms with Crippen molar-refractivity contribution in [1.82, 2.24) is 9.47 Å². The molecule has 154 valence electrons. The lowest BCUT2D eigenvalue weighted by Crippen LogP contribution is -2.39. The molecule has 0 N–H and O–H groups in total. The smallest absolute Gasteiger partial charge is 0.408 e.